The van der Waals surface area contributed by atoms with E-state index in [4.69, 9.17) is 0 Å². The molecule has 2 aromatic heterocycles. The van der Waals surface area contributed by atoms with Crippen LogP contribution in [0.5, 0.6) is 0 Å². The molecular formula is C14H14N4O5S. The highest BCUT2D eigenvalue weighted by Crippen LogP contribution is 2.23. The van der Waals surface area contributed by atoms with E-state index in [0.717, 1.165) is 28.0 Å². The van der Waals surface area contributed by atoms with Gasteiger partial charge in [-0.25, -0.2) is 4.98 Å². The Morgan fingerprint density at radius 1 is 1.38 bits per heavy atom. The van der Waals surface area contributed by atoms with Crippen LogP contribution in [-0.4, -0.2) is 26.2 Å². The van der Waals surface area contributed by atoms with Gasteiger partial charge in [-0.2, -0.15) is 0 Å². The number of nitrogens with one attached hydrogen (secondary N) is 1. The molecule has 1 amide bonds. The molecule has 0 saturated carbocycles. The molecule has 9 nitrogen and oxygen atoms in total. The van der Waals surface area contributed by atoms with E-state index in [1.54, 1.807) is 6.92 Å². The molecule has 24 heavy (non-hydrogen) atoms. The molecule has 0 saturated heterocycles. The summed E-state index contributed by atoms with van der Waals surface area (Å²) < 4.78 is 1.01. The van der Waals surface area contributed by atoms with E-state index in [9.17, 15) is 24.5 Å². The lowest BCUT2D eigenvalue weighted by Crippen LogP contribution is -2.29. The van der Waals surface area contributed by atoms with Gasteiger partial charge in [-0.05, 0) is 13.8 Å². The maximum absolute atomic E-state index is 12.1. The summed E-state index contributed by atoms with van der Waals surface area (Å²) in [6, 6.07) is 2.15. The zero-order valence-electron chi connectivity index (χ0n) is 13.2. The van der Waals surface area contributed by atoms with Gasteiger partial charge in [-0.1, -0.05) is 11.3 Å². The van der Waals surface area contributed by atoms with Crippen LogP contribution in [0.15, 0.2) is 16.9 Å². The van der Waals surface area contributed by atoms with Crippen LogP contribution in [0.3, 0.4) is 0 Å². The highest BCUT2D eigenvalue weighted by molar-refractivity contribution is 7.17. The molecular weight excluding hydrogens is 336 g/mol. The molecule has 0 aliphatic carbocycles. The Morgan fingerprint density at radius 3 is 2.58 bits per heavy atom. The molecule has 0 bridgehead atoms. The standard InChI is InChI=1S/C14H14N4O5S/c1-7-13(9(3)19)24-14(15-7)16-11(20)6-17-8(2)10(18(22)23)4-5-12(17)21/h4-5H,6H2,1-3H3,(H,15,16,20). The van der Waals surface area contributed by atoms with E-state index < -0.39 is 16.4 Å². The van der Waals surface area contributed by atoms with Crippen LogP contribution in [-0.2, 0) is 11.3 Å². The predicted octanol–water partition coefficient (Wildman–Crippen LogP) is 1.67. The minimum atomic E-state index is -0.619. The monoisotopic (exact) mass is 350 g/mol. The highest BCUT2D eigenvalue weighted by Gasteiger charge is 2.18. The van der Waals surface area contributed by atoms with E-state index in [1.807, 2.05) is 0 Å². The first kappa shape index (κ1) is 17.5. The first-order valence-electron chi connectivity index (χ1n) is 6.83. The van der Waals surface area contributed by atoms with Gasteiger partial charge >= 0.3 is 0 Å². The number of nitrogens with zero attached hydrogens (tertiary/aromatic N) is 3. The van der Waals surface area contributed by atoms with Crippen LogP contribution in [0.2, 0.25) is 0 Å². The van der Waals surface area contributed by atoms with Gasteiger partial charge in [0, 0.05) is 19.1 Å². The van der Waals surface area contributed by atoms with Gasteiger partial charge in [-0.15, -0.1) is 0 Å². The van der Waals surface area contributed by atoms with Gasteiger partial charge in [0.2, 0.25) is 5.91 Å². The van der Waals surface area contributed by atoms with Gasteiger partial charge in [0.15, 0.2) is 10.9 Å². The van der Waals surface area contributed by atoms with Crippen LogP contribution in [0, 0.1) is 24.0 Å². The summed E-state index contributed by atoms with van der Waals surface area (Å²) >= 11 is 1.03. The summed E-state index contributed by atoms with van der Waals surface area (Å²) in [4.78, 5) is 50.2. The molecule has 0 radical (unpaired) electrons. The fraction of sp³-hybridized carbons (Fsp3) is 0.286. The Bertz CT molecular complexity index is 899. The van der Waals surface area contributed by atoms with Crippen molar-refractivity contribution in [2.45, 2.75) is 27.3 Å². The average molecular weight is 350 g/mol. The lowest BCUT2D eigenvalue weighted by atomic mass is 10.3. The molecule has 2 aromatic rings. The Morgan fingerprint density at radius 2 is 2.04 bits per heavy atom. The SMILES string of the molecule is CC(=O)c1sc(NC(=O)Cn2c(C)c([N+](=O)[O-])ccc2=O)nc1C. The van der Waals surface area contributed by atoms with Crippen molar-refractivity contribution in [2.75, 3.05) is 5.32 Å². The summed E-state index contributed by atoms with van der Waals surface area (Å²) in [5.74, 6) is -0.721. The number of carbonyl (C=O) groups is 2. The normalized spacial score (nSPS) is 10.5. The number of hydrogen-bond donors (Lipinski definition) is 1. The Kier molecular flexibility index (Phi) is 4.88. The van der Waals surface area contributed by atoms with Crippen molar-refractivity contribution in [3.05, 3.63) is 48.9 Å². The van der Waals surface area contributed by atoms with Crippen molar-refractivity contribution in [1.82, 2.24) is 9.55 Å². The first-order chi connectivity index (χ1) is 11.2. The maximum atomic E-state index is 12.1. The zero-order chi connectivity index (χ0) is 18.0. The summed E-state index contributed by atoms with van der Waals surface area (Å²) in [6.07, 6.45) is 0. The molecule has 10 heteroatoms. The fourth-order valence-corrected chi connectivity index (χ4v) is 3.01. The Hall–Kier alpha value is -2.88. The largest absolute Gasteiger partial charge is 0.300 e. The minimum Gasteiger partial charge on any atom is -0.300 e. The quantitative estimate of drug-likeness (QED) is 0.497. The number of aromatic nitrogens is 2. The Balaban J connectivity index is 2.23. The number of thiazole rings is 1. The molecule has 2 heterocycles. The average Bonchev–Trinajstić information content (AvgIpc) is 2.83. The third kappa shape index (κ3) is 3.54. The molecule has 0 aliphatic heterocycles. The molecule has 2 rings (SSSR count). The topological polar surface area (TPSA) is 124 Å². The van der Waals surface area contributed by atoms with Crippen LogP contribution >= 0.6 is 11.3 Å². The maximum Gasteiger partial charge on any atom is 0.288 e. The molecule has 0 atom stereocenters. The molecule has 0 unspecified atom stereocenters. The second kappa shape index (κ2) is 6.71. The summed E-state index contributed by atoms with van der Waals surface area (Å²) in [5, 5.41) is 13.6. The van der Waals surface area contributed by atoms with Crippen LogP contribution in [0.4, 0.5) is 10.8 Å². The van der Waals surface area contributed by atoms with Crippen molar-refractivity contribution >= 4 is 33.8 Å². The molecule has 0 fully saturated rings. The number of pyridine rings is 1. The van der Waals surface area contributed by atoms with Gasteiger partial charge in [0.25, 0.3) is 11.2 Å². The van der Waals surface area contributed by atoms with Crippen LogP contribution in [0.1, 0.15) is 28.0 Å². The molecule has 126 valence electrons. The Labute approximate surface area is 140 Å². The van der Waals surface area contributed by atoms with E-state index in [-0.39, 0.29) is 28.8 Å². The number of anilines is 1. The number of nitro groups is 1. The van der Waals surface area contributed by atoms with Crippen LogP contribution in [0.25, 0.3) is 0 Å². The third-order valence-electron chi connectivity index (χ3n) is 3.29. The van der Waals surface area contributed by atoms with Crippen molar-refractivity contribution in [3.8, 4) is 0 Å². The molecule has 1 N–H and O–H groups in total. The van der Waals surface area contributed by atoms with E-state index >= 15 is 0 Å². The second-order valence-corrected chi connectivity index (χ2v) is 6.02. The molecule has 0 aliphatic rings. The first-order valence-corrected chi connectivity index (χ1v) is 7.65. The van der Waals surface area contributed by atoms with E-state index in [1.165, 1.54) is 13.8 Å². The molecule has 0 spiro atoms. The van der Waals surface area contributed by atoms with E-state index in [0.29, 0.717) is 10.6 Å². The van der Waals surface area contributed by atoms with Gasteiger partial charge in [-0.3, -0.25) is 29.1 Å². The van der Waals surface area contributed by atoms with Gasteiger partial charge in [0.1, 0.15) is 6.54 Å². The van der Waals surface area contributed by atoms with Crippen molar-refractivity contribution in [2.24, 2.45) is 0 Å². The number of hydrogen-bond acceptors (Lipinski definition) is 7. The van der Waals surface area contributed by atoms with Gasteiger partial charge in [0.05, 0.1) is 21.2 Å². The molecule has 0 aromatic carbocycles. The van der Waals surface area contributed by atoms with Gasteiger partial charge < -0.3 is 5.32 Å². The number of ketones is 1. The second-order valence-electron chi connectivity index (χ2n) is 5.02. The summed E-state index contributed by atoms with van der Waals surface area (Å²) in [6.45, 7) is 4.06. The van der Waals surface area contributed by atoms with Crippen molar-refractivity contribution < 1.29 is 14.5 Å². The fourth-order valence-electron chi connectivity index (χ4n) is 2.13. The third-order valence-corrected chi connectivity index (χ3v) is 4.46. The number of aryl methyl sites for hydroxylation is 1. The number of amides is 1. The van der Waals surface area contributed by atoms with Crippen molar-refractivity contribution in [3.63, 3.8) is 0 Å². The van der Waals surface area contributed by atoms with Crippen LogP contribution < -0.4 is 10.9 Å². The summed E-state index contributed by atoms with van der Waals surface area (Å²) in [5.41, 5.74) is -0.173. The highest BCUT2D eigenvalue weighted by atomic mass is 32.1. The zero-order valence-corrected chi connectivity index (χ0v) is 14.0. The number of carbonyl (C=O) groups excluding carboxylic acids is 2. The van der Waals surface area contributed by atoms with Crippen molar-refractivity contribution in [1.29, 1.82) is 0 Å². The summed E-state index contributed by atoms with van der Waals surface area (Å²) in [7, 11) is 0. The lowest BCUT2D eigenvalue weighted by Gasteiger charge is -2.09. The predicted molar refractivity (Wildman–Crippen MR) is 87.6 cm³/mol. The smallest absolute Gasteiger partial charge is 0.288 e. The number of rotatable bonds is 5. The minimum absolute atomic E-state index is 0.0856. The van der Waals surface area contributed by atoms with E-state index in [2.05, 4.69) is 10.3 Å². The lowest BCUT2D eigenvalue weighted by molar-refractivity contribution is -0.386. The number of Topliss-reactive ketones (excluding diaryl/α,β-unsaturated/α-hetero) is 1.